The smallest absolute Gasteiger partial charge is 0.119 e. The average Bonchev–Trinajstić information content (AvgIpc) is 2.50. The molecule has 0 saturated carbocycles. The zero-order valence-corrected chi connectivity index (χ0v) is 12.9. The topological polar surface area (TPSA) is 15.7 Å². The number of rotatable bonds is 7. The molecule has 0 atom stereocenters. The Hall–Kier alpha value is -1.06. The summed E-state index contributed by atoms with van der Waals surface area (Å²) >= 11 is 0. The number of benzene rings is 1. The second-order valence-electron chi connectivity index (χ2n) is 5.80. The van der Waals surface area contributed by atoms with Crippen LogP contribution in [0.2, 0.25) is 0 Å². The Bertz CT molecular complexity index is 361. The summed E-state index contributed by atoms with van der Waals surface area (Å²) in [6.07, 6.45) is 2.66. The third kappa shape index (κ3) is 5.14. The van der Waals surface area contributed by atoms with Crippen molar-refractivity contribution in [1.82, 2.24) is 9.80 Å². The molecule has 3 nitrogen and oxygen atoms in total. The van der Waals surface area contributed by atoms with Crippen LogP contribution < -0.4 is 4.74 Å². The van der Waals surface area contributed by atoms with Crippen molar-refractivity contribution >= 4 is 0 Å². The van der Waals surface area contributed by atoms with Crippen LogP contribution in [-0.4, -0.2) is 56.2 Å². The number of hydrogen-bond acceptors (Lipinski definition) is 3. The van der Waals surface area contributed by atoms with Crippen molar-refractivity contribution in [2.75, 3.05) is 46.4 Å². The Labute approximate surface area is 123 Å². The van der Waals surface area contributed by atoms with Crippen LogP contribution >= 0.6 is 0 Å². The third-order valence-electron chi connectivity index (χ3n) is 4.24. The van der Waals surface area contributed by atoms with Crippen LogP contribution in [0.25, 0.3) is 0 Å². The fourth-order valence-corrected chi connectivity index (χ4v) is 2.77. The van der Waals surface area contributed by atoms with E-state index in [1.54, 1.807) is 0 Å². The van der Waals surface area contributed by atoms with Gasteiger partial charge < -0.3 is 9.64 Å². The van der Waals surface area contributed by atoms with E-state index in [0.717, 1.165) is 31.4 Å². The molecule has 1 aromatic rings. The lowest BCUT2D eigenvalue weighted by Gasteiger charge is -2.33. The summed E-state index contributed by atoms with van der Waals surface area (Å²) in [6, 6.07) is 10.1. The molecule has 1 aromatic carbocycles. The van der Waals surface area contributed by atoms with Gasteiger partial charge in [0.15, 0.2) is 0 Å². The van der Waals surface area contributed by atoms with E-state index in [1.165, 1.54) is 32.5 Å². The van der Waals surface area contributed by atoms with Crippen molar-refractivity contribution in [2.45, 2.75) is 19.8 Å². The molecule has 1 aliphatic rings. The molecular formula is C17H28N2O. The Morgan fingerprint density at radius 3 is 2.55 bits per heavy atom. The molecule has 1 saturated heterocycles. The molecule has 0 aromatic heterocycles. The van der Waals surface area contributed by atoms with Crippen LogP contribution in [0, 0.1) is 5.92 Å². The minimum Gasteiger partial charge on any atom is -0.492 e. The van der Waals surface area contributed by atoms with Crippen LogP contribution in [0.5, 0.6) is 5.75 Å². The van der Waals surface area contributed by atoms with E-state index < -0.39 is 0 Å². The fourth-order valence-electron chi connectivity index (χ4n) is 2.77. The number of piperidine rings is 1. The summed E-state index contributed by atoms with van der Waals surface area (Å²) in [6.45, 7) is 8.93. The van der Waals surface area contributed by atoms with Crippen LogP contribution in [0.15, 0.2) is 30.3 Å². The third-order valence-corrected chi connectivity index (χ3v) is 4.24. The number of hydrogen-bond donors (Lipinski definition) is 0. The summed E-state index contributed by atoms with van der Waals surface area (Å²) in [5.74, 6) is 1.86. The number of nitrogens with zero attached hydrogens (tertiary/aromatic N) is 2. The SMILES string of the molecule is CCN(C)CC1CCN(CCOc2ccccc2)CC1. The van der Waals surface area contributed by atoms with Gasteiger partial charge in [-0.3, -0.25) is 4.90 Å². The molecule has 2 rings (SSSR count). The molecule has 3 heteroatoms. The fraction of sp³-hybridized carbons (Fsp3) is 0.647. The van der Waals surface area contributed by atoms with Gasteiger partial charge in [0.1, 0.15) is 12.4 Å². The van der Waals surface area contributed by atoms with E-state index in [1.807, 2.05) is 30.3 Å². The van der Waals surface area contributed by atoms with Crippen molar-refractivity contribution in [3.05, 3.63) is 30.3 Å². The van der Waals surface area contributed by atoms with Gasteiger partial charge in [-0.2, -0.15) is 0 Å². The summed E-state index contributed by atoms with van der Waals surface area (Å²) in [5, 5.41) is 0. The molecule has 0 aliphatic carbocycles. The van der Waals surface area contributed by atoms with Crippen molar-refractivity contribution in [3.8, 4) is 5.75 Å². The zero-order chi connectivity index (χ0) is 14.2. The maximum Gasteiger partial charge on any atom is 0.119 e. The molecule has 0 bridgehead atoms. The number of likely N-dealkylation sites (tertiary alicyclic amines) is 1. The van der Waals surface area contributed by atoms with E-state index in [-0.39, 0.29) is 0 Å². The summed E-state index contributed by atoms with van der Waals surface area (Å²) < 4.78 is 5.77. The second kappa shape index (κ2) is 8.28. The predicted octanol–water partition coefficient (Wildman–Crippen LogP) is 2.73. The largest absolute Gasteiger partial charge is 0.492 e. The Morgan fingerprint density at radius 1 is 1.20 bits per heavy atom. The van der Waals surface area contributed by atoms with Crippen molar-refractivity contribution in [1.29, 1.82) is 0 Å². The molecular weight excluding hydrogens is 248 g/mol. The first kappa shape index (κ1) is 15.3. The van der Waals surface area contributed by atoms with Gasteiger partial charge in [0, 0.05) is 13.1 Å². The van der Waals surface area contributed by atoms with Crippen LogP contribution in [0.1, 0.15) is 19.8 Å². The van der Waals surface area contributed by atoms with Gasteiger partial charge >= 0.3 is 0 Å². The van der Waals surface area contributed by atoms with Gasteiger partial charge in [0.05, 0.1) is 0 Å². The summed E-state index contributed by atoms with van der Waals surface area (Å²) in [7, 11) is 2.22. The van der Waals surface area contributed by atoms with Crippen LogP contribution in [0.3, 0.4) is 0 Å². The molecule has 0 unspecified atom stereocenters. The van der Waals surface area contributed by atoms with E-state index in [0.29, 0.717) is 0 Å². The van der Waals surface area contributed by atoms with Gasteiger partial charge in [0.25, 0.3) is 0 Å². The highest BCUT2D eigenvalue weighted by Gasteiger charge is 2.19. The van der Waals surface area contributed by atoms with E-state index >= 15 is 0 Å². The molecule has 1 heterocycles. The van der Waals surface area contributed by atoms with Gasteiger partial charge in [0.2, 0.25) is 0 Å². The first-order chi connectivity index (χ1) is 9.78. The molecule has 0 amide bonds. The minimum absolute atomic E-state index is 0.795. The van der Waals surface area contributed by atoms with Crippen molar-refractivity contribution in [3.63, 3.8) is 0 Å². The summed E-state index contributed by atoms with van der Waals surface area (Å²) in [5.41, 5.74) is 0. The maximum atomic E-state index is 5.77. The second-order valence-corrected chi connectivity index (χ2v) is 5.80. The maximum absolute atomic E-state index is 5.77. The van der Waals surface area contributed by atoms with Gasteiger partial charge in [-0.1, -0.05) is 25.1 Å². The van der Waals surface area contributed by atoms with E-state index in [4.69, 9.17) is 4.74 Å². The van der Waals surface area contributed by atoms with Gasteiger partial charge in [-0.05, 0) is 57.6 Å². The highest BCUT2D eigenvalue weighted by atomic mass is 16.5. The Kier molecular flexibility index (Phi) is 6.34. The molecule has 0 spiro atoms. The number of ether oxygens (including phenoxy) is 1. The quantitative estimate of drug-likeness (QED) is 0.761. The molecule has 112 valence electrons. The molecule has 0 N–H and O–H groups in total. The predicted molar refractivity (Wildman–Crippen MR) is 84.3 cm³/mol. The monoisotopic (exact) mass is 276 g/mol. The zero-order valence-electron chi connectivity index (χ0n) is 12.9. The average molecular weight is 276 g/mol. The van der Waals surface area contributed by atoms with E-state index in [9.17, 15) is 0 Å². The number of para-hydroxylation sites is 1. The summed E-state index contributed by atoms with van der Waals surface area (Å²) in [4.78, 5) is 4.96. The molecule has 0 radical (unpaired) electrons. The van der Waals surface area contributed by atoms with Gasteiger partial charge in [-0.15, -0.1) is 0 Å². The lowest BCUT2D eigenvalue weighted by molar-refractivity contribution is 0.137. The van der Waals surface area contributed by atoms with Crippen LogP contribution in [0.4, 0.5) is 0 Å². The van der Waals surface area contributed by atoms with Crippen LogP contribution in [-0.2, 0) is 0 Å². The van der Waals surface area contributed by atoms with Crippen molar-refractivity contribution < 1.29 is 4.74 Å². The first-order valence-electron chi connectivity index (χ1n) is 7.86. The normalized spacial score (nSPS) is 17.6. The van der Waals surface area contributed by atoms with Gasteiger partial charge in [-0.25, -0.2) is 0 Å². The first-order valence-corrected chi connectivity index (χ1v) is 7.86. The molecule has 20 heavy (non-hydrogen) atoms. The standard InChI is InChI=1S/C17H28N2O/c1-3-18(2)15-16-9-11-19(12-10-16)13-14-20-17-7-5-4-6-8-17/h4-8,16H,3,9-15H2,1-2H3. The molecule has 1 aliphatic heterocycles. The van der Waals surface area contributed by atoms with E-state index in [2.05, 4.69) is 23.8 Å². The lowest BCUT2D eigenvalue weighted by Crippen LogP contribution is -2.39. The minimum atomic E-state index is 0.795. The lowest BCUT2D eigenvalue weighted by atomic mass is 9.96. The highest BCUT2D eigenvalue weighted by Crippen LogP contribution is 2.18. The molecule has 1 fully saturated rings. The Balaban J connectivity index is 1.60. The Morgan fingerprint density at radius 2 is 1.90 bits per heavy atom. The highest BCUT2D eigenvalue weighted by molar-refractivity contribution is 5.20. The van der Waals surface area contributed by atoms with Crippen molar-refractivity contribution in [2.24, 2.45) is 5.92 Å².